The Morgan fingerprint density at radius 1 is 1.19 bits per heavy atom. The molecule has 3 heteroatoms. The van der Waals surface area contributed by atoms with Crippen LogP contribution in [0.4, 0.5) is 0 Å². The second kappa shape index (κ2) is 15.1. The van der Waals surface area contributed by atoms with Crippen LogP contribution in [0.2, 0.25) is 0 Å². The molecule has 1 fully saturated rings. The van der Waals surface area contributed by atoms with Crippen LogP contribution in [0.15, 0.2) is 36.5 Å². The zero-order valence-corrected chi connectivity index (χ0v) is 21.1. The quantitative estimate of drug-likeness (QED) is 0.244. The number of aliphatic hydroxyl groups is 2. The van der Waals surface area contributed by atoms with E-state index in [1.54, 1.807) is 5.57 Å². The molecule has 0 bridgehead atoms. The summed E-state index contributed by atoms with van der Waals surface area (Å²) in [6.45, 7) is 12.0. The lowest BCUT2D eigenvalue weighted by atomic mass is 9.64. The van der Waals surface area contributed by atoms with Gasteiger partial charge in [0.1, 0.15) is 0 Å². The van der Waals surface area contributed by atoms with E-state index in [1.807, 2.05) is 6.92 Å². The van der Waals surface area contributed by atoms with E-state index in [0.717, 1.165) is 38.2 Å². The standard InChI is InChI=1S/C29H50O3/c1-5-8-25-12-10-23(16-18-32-19-17-30)11-13-28(25)20-24(7-3)29-21-27(22(4)31)15-14-26(29)9-6-2/h5,7-8,13,22-27,29-31H,3,6,9-12,14-21H2,1-2,4H3. The molecular formula is C29H50O3. The molecule has 7 unspecified atom stereocenters. The first-order valence-electron chi connectivity index (χ1n) is 13.3. The molecule has 0 amide bonds. The van der Waals surface area contributed by atoms with Crippen LogP contribution in [-0.4, -0.2) is 36.1 Å². The van der Waals surface area contributed by atoms with Gasteiger partial charge < -0.3 is 14.9 Å². The molecule has 2 rings (SSSR count). The fourth-order valence-corrected chi connectivity index (χ4v) is 6.23. The van der Waals surface area contributed by atoms with Crippen molar-refractivity contribution in [3.8, 4) is 0 Å². The fraction of sp³-hybridized carbons (Fsp3) is 0.793. The van der Waals surface area contributed by atoms with Crippen LogP contribution in [0.25, 0.3) is 0 Å². The van der Waals surface area contributed by atoms with Gasteiger partial charge in [0, 0.05) is 6.61 Å². The lowest BCUT2D eigenvalue weighted by molar-refractivity contribution is 0.0448. The molecule has 0 aromatic carbocycles. The monoisotopic (exact) mass is 446 g/mol. The second-order valence-electron chi connectivity index (χ2n) is 10.3. The van der Waals surface area contributed by atoms with Crippen LogP contribution in [0.5, 0.6) is 0 Å². The van der Waals surface area contributed by atoms with Gasteiger partial charge in [0.15, 0.2) is 0 Å². The summed E-state index contributed by atoms with van der Waals surface area (Å²) in [7, 11) is 0. The van der Waals surface area contributed by atoms with Crippen molar-refractivity contribution in [3.63, 3.8) is 0 Å². The maximum atomic E-state index is 10.3. The molecule has 32 heavy (non-hydrogen) atoms. The Bertz CT molecular complexity index is 579. The van der Waals surface area contributed by atoms with Gasteiger partial charge >= 0.3 is 0 Å². The van der Waals surface area contributed by atoms with Gasteiger partial charge in [-0.15, -0.1) is 6.58 Å². The lowest BCUT2D eigenvalue weighted by Gasteiger charge is -2.41. The Morgan fingerprint density at radius 3 is 2.66 bits per heavy atom. The van der Waals surface area contributed by atoms with Crippen molar-refractivity contribution in [1.82, 2.24) is 0 Å². The van der Waals surface area contributed by atoms with E-state index in [9.17, 15) is 5.11 Å². The predicted molar refractivity (Wildman–Crippen MR) is 135 cm³/mol. The first kappa shape index (κ1) is 27.3. The van der Waals surface area contributed by atoms with Gasteiger partial charge in [0.25, 0.3) is 0 Å². The molecule has 0 heterocycles. The Morgan fingerprint density at radius 2 is 2.00 bits per heavy atom. The zero-order chi connectivity index (χ0) is 23.3. The molecular weight excluding hydrogens is 396 g/mol. The fourth-order valence-electron chi connectivity index (χ4n) is 6.23. The summed E-state index contributed by atoms with van der Waals surface area (Å²) >= 11 is 0. The van der Waals surface area contributed by atoms with Gasteiger partial charge in [-0.2, -0.15) is 0 Å². The number of rotatable bonds is 13. The van der Waals surface area contributed by atoms with Crippen molar-refractivity contribution in [2.24, 2.45) is 35.5 Å². The third kappa shape index (κ3) is 8.47. The van der Waals surface area contributed by atoms with E-state index in [0.29, 0.717) is 36.2 Å². The molecule has 3 nitrogen and oxygen atoms in total. The van der Waals surface area contributed by atoms with E-state index >= 15 is 0 Å². The van der Waals surface area contributed by atoms with Crippen LogP contribution in [0, 0.1) is 35.5 Å². The molecule has 1 saturated carbocycles. The van der Waals surface area contributed by atoms with Gasteiger partial charge in [0.05, 0.1) is 19.3 Å². The minimum atomic E-state index is -0.202. The summed E-state index contributed by atoms with van der Waals surface area (Å²) in [6, 6.07) is 0. The summed E-state index contributed by atoms with van der Waals surface area (Å²) in [5.41, 5.74) is 1.60. The Labute approximate surface area is 198 Å². The van der Waals surface area contributed by atoms with Crippen LogP contribution in [-0.2, 0) is 4.74 Å². The largest absolute Gasteiger partial charge is 0.394 e. The summed E-state index contributed by atoms with van der Waals surface area (Å²) < 4.78 is 5.53. The smallest absolute Gasteiger partial charge is 0.0697 e. The van der Waals surface area contributed by atoms with Gasteiger partial charge in [0.2, 0.25) is 0 Å². The highest BCUT2D eigenvalue weighted by Gasteiger charge is 2.36. The van der Waals surface area contributed by atoms with Crippen molar-refractivity contribution in [2.45, 2.75) is 91.1 Å². The van der Waals surface area contributed by atoms with E-state index in [1.165, 1.54) is 38.5 Å². The summed E-state index contributed by atoms with van der Waals surface area (Å²) in [4.78, 5) is 0. The number of hydrogen-bond acceptors (Lipinski definition) is 3. The first-order valence-corrected chi connectivity index (χ1v) is 13.3. The predicted octanol–water partition coefficient (Wildman–Crippen LogP) is 6.71. The van der Waals surface area contributed by atoms with Crippen LogP contribution >= 0.6 is 0 Å². The van der Waals surface area contributed by atoms with Crippen molar-refractivity contribution < 1.29 is 14.9 Å². The molecule has 0 saturated heterocycles. The van der Waals surface area contributed by atoms with Crippen LogP contribution < -0.4 is 0 Å². The van der Waals surface area contributed by atoms with Gasteiger partial charge in [-0.25, -0.2) is 0 Å². The molecule has 2 aliphatic rings. The molecule has 0 spiro atoms. The van der Waals surface area contributed by atoms with E-state index < -0.39 is 0 Å². The highest BCUT2D eigenvalue weighted by atomic mass is 16.5. The Kier molecular flexibility index (Phi) is 12.9. The topological polar surface area (TPSA) is 49.7 Å². The number of hydrogen-bond donors (Lipinski definition) is 2. The molecule has 2 aliphatic carbocycles. The third-order valence-electron chi connectivity index (χ3n) is 8.16. The molecule has 2 N–H and O–H groups in total. The minimum Gasteiger partial charge on any atom is -0.394 e. The number of ether oxygens (including phenoxy) is 1. The van der Waals surface area contributed by atoms with Crippen molar-refractivity contribution in [3.05, 3.63) is 36.5 Å². The summed E-state index contributed by atoms with van der Waals surface area (Å²) in [6.07, 6.45) is 21.1. The van der Waals surface area contributed by atoms with Crippen LogP contribution in [0.3, 0.4) is 0 Å². The SMILES string of the molecule is C=CC(CC1=CCC(CCOCCO)CCC1C=CC)C1CC(C(C)O)CCC1CCC. The molecule has 0 radical (unpaired) electrons. The van der Waals surface area contributed by atoms with Gasteiger partial charge in [-0.1, -0.05) is 49.6 Å². The van der Waals surface area contributed by atoms with Crippen molar-refractivity contribution in [1.29, 1.82) is 0 Å². The van der Waals surface area contributed by atoms with Crippen LogP contribution in [0.1, 0.15) is 85.0 Å². The Balaban J connectivity index is 2.11. The van der Waals surface area contributed by atoms with E-state index in [4.69, 9.17) is 9.84 Å². The molecule has 0 aliphatic heterocycles. The van der Waals surface area contributed by atoms with Crippen molar-refractivity contribution >= 4 is 0 Å². The summed E-state index contributed by atoms with van der Waals surface area (Å²) in [5, 5.41) is 19.2. The maximum absolute atomic E-state index is 10.3. The van der Waals surface area contributed by atoms with E-state index in [-0.39, 0.29) is 12.7 Å². The summed E-state index contributed by atoms with van der Waals surface area (Å²) in [5.74, 6) is 3.54. The highest BCUT2D eigenvalue weighted by Crippen LogP contribution is 2.45. The minimum absolute atomic E-state index is 0.108. The number of allylic oxidation sites excluding steroid dienone is 5. The number of aliphatic hydroxyl groups excluding tert-OH is 2. The molecule has 7 atom stereocenters. The molecule has 0 aromatic rings. The Hall–Kier alpha value is -0.900. The maximum Gasteiger partial charge on any atom is 0.0697 e. The van der Waals surface area contributed by atoms with E-state index in [2.05, 4.69) is 44.7 Å². The van der Waals surface area contributed by atoms with Gasteiger partial charge in [-0.05, 0) is 101 Å². The average molecular weight is 447 g/mol. The zero-order valence-electron chi connectivity index (χ0n) is 21.1. The molecule has 0 aromatic heterocycles. The van der Waals surface area contributed by atoms with Gasteiger partial charge in [-0.3, -0.25) is 0 Å². The third-order valence-corrected chi connectivity index (χ3v) is 8.16. The molecule has 184 valence electrons. The average Bonchev–Trinajstić information content (AvgIpc) is 2.98. The second-order valence-corrected chi connectivity index (χ2v) is 10.3. The normalized spacial score (nSPS) is 31.2. The lowest BCUT2D eigenvalue weighted by Crippen LogP contribution is -2.34. The van der Waals surface area contributed by atoms with Crippen molar-refractivity contribution in [2.75, 3.05) is 19.8 Å². The first-order chi connectivity index (χ1) is 15.5. The highest BCUT2D eigenvalue weighted by molar-refractivity contribution is 5.18.